The van der Waals surface area contributed by atoms with Crippen molar-refractivity contribution in [2.24, 2.45) is 5.92 Å². The van der Waals surface area contributed by atoms with E-state index in [0.29, 0.717) is 17.3 Å². The second kappa shape index (κ2) is 7.18. The van der Waals surface area contributed by atoms with Gasteiger partial charge in [0.1, 0.15) is 5.82 Å². The second-order valence-corrected chi connectivity index (χ2v) is 6.59. The van der Waals surface area contributed by atoms with Crippen molar-refractivity contribution in [3.8, 4) is 0 Å². The molecule has 0 aliphatic carbocycles. The van der Waals surface area contributed by atoms with Crippen LogP contribution in [-0.4, -0.2) is 11.1 Å². The molecular formula is C16H13Br2FO2. The summed E-state index contributed by atoms with van der Waals surface area (Å²) in [4.78, 5) is 11.4. The van der Waals surface area contributed by atoms with Crippen LogP contribution in [0.1, 0.15) is 11.1 Å². The molecule has 2 nitrogen and oxygen atoms in total. The summed E-state index contributed by atoms with van der Waals surface area (Å²) in [6.07, 6.45) is 0.807. The first-order valence-corrected chi connectivity index (χ1v) is 7.95. The van der Waals surface area contributed by atoms with E-state index in [2.05, 4.69) is 31.9 Å². The lowest BCUT2D eigenvalue weighted by atomic mass is 9.93. The van der Waals surface area contributed by atoms with Gasteiger partial charge in [-0.15, -0.1) is 0 Å². The van der Waals surface area contributed by atoms with Crippen LogP contribution in [0.3, 0.4) is 0 Å². The maximum Gasteiger partial charge on any atom is 0.307 e. The normalized spacial score (nSPS) is 12.1. The molecule has 110 valence electrons. The van der Waals surface area contributed by atoms with Gasteiger partial charge in [0.15, 0.2) is 0 Å². The van der Waals surface area contributed by atoms with Gasteiger partial charge in [-0.05, 0) is 64.2 Å². The highest BCUT2D eigenvalue weighted by Crippen LogP contribution is 2.21. The summed E-state index contributed by atoms with van der Waals surface area (Å²) in [6, 6.07) is 12.2. The molecule has 2 aromatic carbocycles. The molecule has 1 unspecified atom stereocenters. The van der Waals surface area contributed by atoms with E-state index in [1.165, 1.54) is 6.07 Å². The molecule has 0 bridgehead atoms. The smallest absolute Gasteiger partial charge is 0.307 e. The first-order valence-electron chi connectivity index (χ1n) is 6.37. The fourth-order valence-electron chi connectivity index (χ4n) is 2.10. The van der Waals surface area contributed by atoms with E-state index >= 15 is 0 Å². The molecular weight excluding hydrogens is 403 g/mol. The first kappa shape index (κ1) is 16.2. The molecule has 0 saturated heterocycles. The number of benzene rings is 2. The maximum absolute atomic E-state index is 13.2. The molecule has 0 aliphatic heterocycles. The number of hydrogen-bond donors (Lipinski definition) is 1. The van der Waals surface area contributed by atoms with Crippen molar-refractivity contribution >= 4 is 37.8 Å². The van der Waals surface area contributed by atoms with Gasteiger partial charge in [-0.25, -0.2) is 4.39 Å². The highest BCUT2D eigenvalue weighted by atomic mass is 79.9. The van der Waals surface area contributed by atoms with Crippen LogP contribution in [0.15, 0.2) is 51.4 Å². The standard InChI is InChI=1S/C16H13Br2FO2/c17-13-4-1-10(2-5-13)7-12(16(20)21)8-11-3-6-15(19)14(18)9-11/h1-6,9,12H,7-8H2,(H,20,21). The van der Waals surface area contributed by atoms with Crippen LogP contribution in [0.5, 0.6) is 0 Å². The zero-order chi connectivity index (χ0) is 15.4. The Morgan fingerprint density at radius 2 is 1.62 bits per heavy atom. The van der Waals surface area contributed by atoms with Gasteiger partial charge in [0.25, 0.3) is 0 Å². The van der Waals surface area contributed by atoms with E-state index in [4.69, 9.17) is 0 Å². The predicted octanol–water partition coefficient (Wildman–Crippen LogP) is 4.84. The molecule has 0 amide bonds. The van der Waals surface area contributed by atoms with Gasteiger partial charge < -0.3 is 5.11 Å². The minimum Gasteiger partial charge on any atom is -0.481 e. The van der Waals surface area contributed by atoms with Gasteiger partial charge in [-0.2, -0.15) is 0 Å². The van der Waals surface area contributed by atoms with E-state index in [-0.39, 0.29) is 5.82 Å². The summed E-state index contributed by atoms with van der Waals surface area (Å²) < 4.78 is 14.5. The van der Waals surface area contributed by atoms with Gasteiger partial charge in [-0.1, -0.05) is 34.1 Å². The Balaban J connectivity index is 2.13. The van der Waals surface area contributed by atoms with E-state index in [0.717, 1.165) is 15.6 Å². The zero-order valence-electron chi connectivity index (χ0n) is 11.0. The van der Waals surface area contributed by atoms with Crippen molar-refractivity contribution in [1.82, 2.24) is 0 Å². The number of aliphatic carboxylic acids is 1. The first-order chi connectivity index (χ1) is 9.95. The lowest BCUT2D eigenvalue weighted by Crippen LogP contribution is -2.19. The zero-order valence-corrected chi connectivity index (χ0v) is 14.2. The predicted molar refractivity (Wildman–Crippen MR) is 86.8 cm³/mol. The maximum atomic E-state index is 13.2. The molecule has 21 heavy (non-hydrogen) atoms. The Morgan fingerprint density at radius 1 is 1.05 bits per heavy atom. The number of rotatable bonds is 5. The lowest BCUT2D eigenvalue weighted by Gasteiger charge is -2.13. The summed E-state index contributed by atoms with van der Waals surface area (Å²) >= 11 is 6.47. The summed E-state index contributed by atoms with van der Waals surface area (Å²) in [5.41, 5.74) is 1.76. The van der Waals surface area contributed by atoms with Crippen molar-refractivity contribution < 1.29 is 14.3 Å². The number of carbonyl (C=O) groups is 1. The van der Waals surface area contributed by atoms with E-state index < -0.39 is 11.9 Å². The van der Waals surface area contributed by atoms with E-state index in [1.54, 1.807) is 12.1 Å². The molecule has 0 heterocycles. The molecule has 1 N–H and O–H groups in total. The summed E-state index contributed by atoms with van der Waals surface area (Å²) in [7, 11) is 0. The van der Waals surface area contributed by atoms with Crippen LogP contribution in [0, 0.1) is 11.7 Å². The van der Waals surface area contributed by atoms with Crippen LogP contribution >= 0.6 is 31.9 Å². The van der Waals surface area contributed by atoms with Crippen molar-refractivity contribution in [2.45, 2.75) is 12.8 Å². The molecule has 0 aliphatic rings. The minimum atomic E-state index is -0.849. The third-order valence-electron chi connectivity index (χ3n) is 3.21. The van der Waals surface area contributed by atoms with Crippen LogP contribution in [-0.2, 0) is 17.6 Å². The highest BCUT2D eigenvalue weighted by molar-refractivity contribution is 9.10. The van der Waals surface area contributed by atoms with Crippen molar-refractivity contribution in [3.63, 3.8) is 0 Å². The van der Waals surface area contributed by atoms with Gasteiger partial charge in [0.05, 0.1) is 10.4 Å². The molecule has 0 radical (unpaired) electrons. The molecule has 5 heteroatoms. The van der Waals surface area contributed by atoms with Gasteiger partial charge in [0, 0.05) is 4.47 Å². The van der Waals surface area contributed by atoms with Crippen molar-refractivity contribution in [3.05, 3.63) is 68.4 Å². The molecule has 1 atom stereocenters. The molecule has 2 aromatic rings. The fraction of sp³-hybridized carbons (Fsp3) is 0.188. The minimum absolute atomic E-state index is 0.349. The Bertz CT molecular complexity index is 641. The number of carboxylic acids is 1. The van der Waals surface area contributed by atoms with Gasteiger partial charge in [-0.3, -0.25) is 4.79 Å². The molecule has 0 saturated carbocycles. The van der Waals surface area contributed by atoms with Crippen LogP contribution in [0.25, 0.3) is 0 Å². The molecule has 0 fully saturated rings. The third-order valence-corrected chi connectivity index (χ3v) is 4.35. The average Bonchev–Trinajstić information content (AvgIpc) is 2.44. The van der Waals surface area contributed by atoms with Crippen molar-refractivity contribution in [1.29, 1.82) is 0 Å². The Morgan fingerprint density at radius 3 is 2.19 bits per heavy atom. The lowest BCUT2D eigenvalue weighted by molar-refractivity contribution is -0.141. The molecule has 0 spiro atoms. The Labute approximate surface area is 139 Å². The molecule has 2 rings (SSSR count). The second-order valence-electron chi connectivity index (χ2n) is 4.82. The Hall–Kier alpha value is -1.20. The monoisotopic (exact) mass is 414 g/mol. The van der Waals surface area contributed by atoms with E-state index in [9.17, 15) is 14.3 Å². The van der Waals surface area contributed by atoms with Gasteiger partial charge in [0.2, 0.25) is 0 Å². The quantitative estimate of drug-likeness (QED) is 0.758. The summed E-state index contributed by atoms with van der Waals surface area (Å²) in [5, 5.41) is 9.38. The fourth-order valence-corrected chi connectivity index (χ4v) is 2.79. The van der Waals surface area contributed by atoms with Crippen molar-refractivity contribution in [2.75, 3.05) is 0 Å². The Kier molecular flexibility index (Phi) is 5.53. The van der Waals surface area contributed by atoms with Crippen LogP contribution in [0.2, 0.25) is 0 Å². The third kappa shape index (κ3) is 4.64. The highest BCUT2D eigenvalue weighted by Gasteiger charge is 2.19. The largest absolute Gasteiger partial charge is 0.481 e. The van der Waals surface area contributed by atoms with Crippen LogP contribution < -0.4 is 0 Å². The summed E-state index contributed by atoms with van der Waals surface area (Å²) in [6.45, 7) is 0. The van der Waals surface area contributed by atoms with Gasteiger partial charge >= 0.3 is 5.97 Å². The van der Waals surface area contributed by atoms with Crippen LogP contribution in [0.4, 0.5) is 4.39 Å². The molecule has 0 aromatic heterocycles. The number of halogens is 3. The average molecular weight is 416 g/mol. The van der Waals surface area contributed by atoms with E-state index in [1.807, 2.05) is 24.3 Å². The topological polar surface area (TPSA) is 37.3 Å². The number of hydrogen-bond acceptors (Lipinski definition) is 1. The number of carboxylic acid groups (broad SMARTS) is 1. The SMILES string of the molecule is O=C(O)C(Cc1ccc(Br)cc1)Cc1ccc(F)c(Br)c1. The summed E-state index contributed by atoms with van der Waals surface area (Å²) in [5.74, 6) is -1.74.